The summed E-state index contributed by atoms with van der Waals surface area (Å²) in [5.41, 5.74) is 0.793. The second kappa shape index (κ2) is 16.1. The van der Waals surface area contributed by atoms with E-state index >= 15 is 0 Å². The fourth-order valence-electron chi connectivity index (χ4n) is 2.05. The van der Waals surface area contributed by atoms with Crippen LogP contribution in [0.4, 0.5) is 4.39 Å². The highest BCUT2D eigenvalue weighted by molar-refractivity contribution is 14.0. The third-order valence-electron chi connectivity index (χ3n) is 3.25. The van der Waals surface area contributed by atoms with Gasteiger partial charge < -0.3 is 24.8 Å². The highest BCUT2D eigenvalue weighted by Gasteiger charge is 2.04. The molecule has 0 fully saturated rings. The third-order valence-corrected chi connectivity index (χ3v) is 3.25. The molecule has 0 aliphatic carbocycles. The van der Waals surface area contributed by atoms with E-state index in [1.54, 1.807) is 13.2 Å². The van der Waals surface area contributed by atoms with Crippen molar-refractivity contribution >= 4 is 29.9 Å². The van der Waals surface area contributed by atoms with Gasteiger partial charge in [-0.05, 0) is 38.0 Å². The molecule has 8 heteroatoms. The topological polar surface area (TPSA) is 64.1 Å². The molecule has 0 radical (unpaired) electrons. The Morgan fingerprint density at radius 1 is 1.15 bits per heavy atom. The van der Waals surface area contributed by atoms with E-state index in [0.29, 0.717) is 38.9 Å². The maximum atomic E-state index is 13.9. The number of halogens is 2. The number of aliphatic imine (C=N–C) groups is 1. The molecule has 2 N–H and O–H groups in total. The zero-order valence-corrected chi connectivity index (χ0v) is 18.2. The predicted octanol–water partition coefficient (Wildman–Crippen LogP) is 2.95. The molecule has 0 aliphatic heterocycles. The standard InChI is InChI=1S/C18H30FN3O3.HI/c1-4-20-18(21-9-6-10-24-12-11-23-3)22-14-15-7-8-17(25-5-2)16(19)13-15;/h7-8,13H,4-6,9-12,14H2,1-3H3,(H2,20,21,22);1H. The normalized spacial score (nSPS) is 11.0. The smallest absolute Gasteiger partial charge is 0.191 e. The zero-order valence-electron chi connectivity index (χ0n) is 15.8. The monoisotopic (exact) mass is 483 g/mol. The van der Waals surface area contributed by atoms with Crippen molar-refractivity contribution in [2.75, 3.05) is 46.6 Å². The number of ether oxygens (including phenoxy) is 3. The lowest BCUT2D eigenvalue weighted by Gasteiger charge is -2.12. The first-order valence-corrected chi connectivity index (χ1v) is 8.71. The van der Waals surface area contributed by atoms with Crippen LogP contribution in [0.15, 0.2) is 23.2 Å². The fraction of sp³-hybridized carbons (Fsp3) is 0.611. The molecular weight excluding hydrogens is 452 g/mol. The number of nitrogens with zero attached hydrogens (tertiary/aromatic N) is 1. The van der Waals surface area contributed by atoms with Crippen molar-refractivity contribution in [3.63, 3.8) is 0 Å². The molecule has 0 saturated carbocycles. The van der Waals surface area contributed by atoms with E-state index < -0.39 is 0 Å². The molecule has 0 amide bonds. The highest BCUT2D eigenvalue weighted by atomic mass is 127. The molecule has 0 saturated heterocycles. The molecule has 0 unspecified atom stereocenters. The minimum Gasteiger partial charge on any atom is -0.491 e. The largest absolute Gasteiger partial charge is 0.491 e. The second-order valence-corrected chi connectivity index (χ2v) is 5.28. The summed E-state index contributed by atoms with van der Waals surface area (Å²) in [5.74, 6) is 0.614. The van der Waals surface area contributed by atoms with Crippen LogP contribution in [0.25, 0.3) is 0 Å². The first kappa shape index (κ1) is 24.9. The Morgan fingerprint density at radius 2 is 1.96 bits per heavy atom. The third kappa shape index (κ3) is 10.8. The van der Waals surface area contributed by atoms with Gasteiger partial charge in [0.25, 0.3) is 0 Å². The summed E-state index contributed by atoms with van der Waals surface area (Å²) in [7, 11) is 1.65. The van der Waals surface area contributed by atoms with Gasteiger partial charge in [0.2, 0.25) is 0 Å². The van der Waals surface area contributed by atoms with Gasteiger partial charge in [-0.15, -0.1) is 24.0 Å². The molecule has 0 bridgehead atoms. The van der Waals surface area contributed by atoms with Crippen LogP contribution in [0.1, 0.15) is 25.8 Å². The quantitative estimate of drug-likeness (QED) is 0.207. The number of guanidine groups is 1. The summed E-state index contributed by atoms with van der Waals surface area (Å²) < 4.78 is 29.4. The molecule has 0 atom stereocenters. The van der Waals surface area contributed by atoms with E-state index in [-0.39, 0.29) is 35.5 Å². The van der Waals surface area contributed by atoms with Crippen LogP contribution in [-0.4, -0.2) is 52.6 Å². The Hall–Kier alpha value is -1.13. The Morgan fingerprint density at radius 3 is 2.62 bits per heavy atom. The van der Waals surface area contributed by atoms with Gasteiger partial charge in [-0.1, -0.05) is 6.07 Å². The number of rotatable bonds is 12. The lowest BCUT2D eigenvalue weighted by molar-refractivity contribution is 0.0698. The summed E-state index contributed by atoms with van der Waals surface area (Å²) in [6.45, 7) is 8.05. The minimum absolute atomic E-state index is 0. The number of hydrogen-bond acceptors (Lipinski definition) is 4. The second-order valence-electron chi connectivity index (χ2n) is 5.28. The van der Waals surface area contributed by atoms with Crippen molar-refractivity contribution in [1.82, 2.24) is 10.6 Å². The summed E-state index contributed by atoms with van der Waals surface area (Å²) in [6.07, 6.45) is 0.867. The summed E-state index contributed by atoms with van der Waals surface area (Å²) in [6, 6.07) is 4.92. The lowest BCUT2D eigenvalue weighted by atomic mass is 10.2. The molecule has 0 aromatic heterocycles. The molecule has 0 heterocycles. The fourth-order valence-corrected chi connectivity index (χ4v) is 2.05. The van der Waals surface area contributed by atoms with Crippen molar-refractivity contribution in [3.8, 4) is 5.75 Å². The number of methoxy groups -OCH3 is 1. The van der Waals surface area contributed by atoms with Gasteiger partial charge in [-0.2, -0.15) is 0 Å². The van der Waals surface area contributed by atoms with Gasteiger partial charge in [0, 0.05) is 26.8 Å². The Bertz CT molecular complexity index is 518. The predicted molar refractivity (Wildman–Crippen MR) is 113 cm³/mol. The average Bonchev–Trinajstić information content (AvgIpc) is 2.61. The molecule has 6 nitrogen and oxygen atoms in total. The first-order valence-electron chi connectivity index (χ1n) is 8.71. The Kier molecular flexibility index (Phi) is 15.4. The van der Waals surface area contributed by atoms with Crippen molar-refractivity contribution in [1.29, 1.82) is 0 Å². The van der Waals surface area contributed by atoms with E-state index in [4.69, 9.17) is 14.2 Å². The van der Waals surface area contributed by atoms with Crippen molar-refractivity contribution in [2.24, 2.45) is 4.99 Å². The van der Waals surface area contributed by atoms with Crippen LogP contribution >= 0.6 is 24.0 Å². The molecule has 150 valence electrons. The molecule has 1 aromatic rings. The van der Waals surface area contributed by atoms with E-state index in [0.717, 1.165) is 25.1 Å². The summed E-state index contributed by atoms with van der Waals surface area (Å²) in [5, 5.41) is 6.41. The first-order chi connectivity index (χ1) is 12.2. The SMILES string of the molecule is CCNC(=NCc1ccc(OCC)c(F)c1)NCCCOCCOC.I. The van der Waals surface area contributed by atoms with Crippen LogP contribution in [0, 0.1) is 5.82 Å². The van der Waals surface area contributed by atoms with Crippen molar-refractivity contribution in [3.05, 3.63) is 29.6 Å². The van der Waals surface area contributed by atoms with Crippen LogP contribution in [0.2, 0.25) is 0 Å². The maximum absolute atomic E-state index is 13.9. The van der Waals surface area contributed by atoms with Crippen LogP contribution in [-0.2, 0) is 16.0 Å². The van der Waals surface area contributed by atoms with Gasteiger partial charge in [0.1, 0.15) is 0 Å². The zero-order chi connectivity index (χ0) is 18.3. The highest BCUT2D eigenvalue weighted by Crippen LogP contribution is 2.18. The van der Waals surface area contributed by atoms with E-state index in [2.05, 4.69) is 15.6 Å². The van der Waals surface area contributed by atoms with E-state index in [1.807, 2.05) is 19.9 Å². The van der Waals surface area contributed by atoms with Crippen molar-refractivity contribution < 1.29 is 18.6 Å². The van der Waals surface area contributed by atoms with Crippen molar-refractivity contribution in [2.45, 2.75) is 26.8 Å². The van der Waals surface area contributed by atoms with Gasteiger partial charge >= 0.3 is 0 Å². The minimum atomic E-state index is -0.360. The van der Waals surface area contributed by atoms with Gasteiger partial charge in [0.15, 0.2) is 17.5 Å². The molecule has 0 aliphatic rings. The number of benzene rings is 1. The van der Waals surface area contributed by atoms with E-state index in [9.17, 15) is 4.39 Å². The van der Waals surface area contributed by atoms with Gasteiger partial charge in [-0.25, -0.2) is 9.38 Å². The summed E-state index contributed by atoms with van der Waals surface area (Å²) >= 11 is 0. The van der Waals surface area contributed by atoms with Gasteiger partial charge in [-0.3, -0.25) is 0 Å². The molecular formula is C18H31FIN3O3. The van der Waals surface area contributed by atoms with Crippen LogP contribution in [0.5, 0.6) is 5.75 Å². The van der Waals surface area contributed by atoms with E-state index in [1.165, 1.54) is 6.07 Å². The lowest BCUT2D eigenvalue weighted by Crippen LogP contribution is -2.38. The molecule has 1 aromatic carbocycles. The molecule has 0 spiro atoms. The number of hydrogen-bond donors (Lipinski definition) is 2. The van der Waals surface area contributed by atoms with Crippen LogP contribution in [0.3, 0.4) is 0 Å². The summed E-state index contributed by atoms with van der Waals surface area (Å²) in [4.78, 5) is 4.47. The molecule has 1 rings (SSSR count). The molecule has 26 heavy (non-hydrogen) atoms. The Labute approximate surface area is 172 Å². The maximum Gasteiger partial charge on any atom is 0.191 e. The Balaban J connectivity index is 0.00000625. The van der Waals surface area contributed by atoms with Crippen LogP contribution < -0.4 is 15.4 Å². The van der Waals surface area contributed by atoms with Gasteiger partial charge in [0.05, 0.1) is 26.4 Å². The number of nitrogens with one attached hydrogen (secondary N) is 2. The average molecular weight is 483 g/mol.